The summed E-state index contributed by atoms with van der Waals surface area (Å²) in [6, 6.07) is 6.93. The second-order valence-electron chi connectivity index (χ2n) is 6.41. The van der Waals surface area contributed by atoms with Gasteiger partial charge in [-0.25, -0.2) is 0 Å². The molecule has 4 heteroatoms. The van der Waals surface area contributed by atoms with E-state index in [1.807, 2.05) is 6.07 Å². The van der Waals surface area contributed by atoms with E-state index >= 15 is 0 Å². The molecular weight excluding hydrogens is 252 g/mol. The van der Waals surface area contributed by atoms with Crippen LogP contribution in [0.4, 0.5) is 5.69 Å². The summed E-state index contributed by atoms with van der Waals surface area (Å²) in [5.74, 6) is 0. The van der Waals surface area contributed by atoms with Gasteiger partial charge in [-0.3, -0.25) is 4.90 Å². The molecule has 20 heavy (non-hydrogen) atoms. The van der Waals surface area contributed by atoms with Gasteiger partial charge in [-0.15, -0.1) is 0 Å². The minimum atomic E-state index is -0.00325. The fourth-order valence-corrected chi connectivity index (χ4v) is 3.88. The molecule has 2 unspecified atom stereocenters. The van der Waals surface area contributed by atoms with Gasteiger partial charge in [0.2, 0.25) is 0 Å². The van der Waals surface area contributed by atoms with Crippen LogP contribution in [0.5, 0.6) is 0 Å². The first-order valence-corrected chi connectivity index (χ1v) is 7.57. The highest BCUT2D eigenvalue weighted by atomic mass is 16.6. The molecule has 2 N–H and O–H groups in total. The molecular formula is C16H22N2O2. The molecule has 4 rings (SSSR count). The zero-order chi connectivity index (χ0) is 13.6. The number of nitrogens with zero attached hydrogens (tertiary/aromatic N) is 1. The Hall–Kier alpha value is -1.10. The molecule has 4 nitrogen and oxygen atoms in total. The monoisotopic (exact) mass is 274 g/mol. The summed E-state index contributed by atoms with van der Waals surface area (Å²) in [6.07, 6.45) is 3.29. The Bertz CT molecular complexity index is 511. The first kappa shape index (κ1) is 12.6. The molecule has 0 radical (unpaired) electrons. The van der Waals surface area contributed by atoms with E-state index in [9.17, 15) is 0 Å². The number of ether oxygens (including phenoxy) is 2. The van der Waals surface area contributed by atoms with Crippen molar-refractivity contribution in [2.75, 3.05) is 25.6 Å². The molecule has 0 saturated carbocycles. The first-order chi connectivity index (χ1) is 9.74. The Labute approximate surface area is 119 Å². The number of anilines is 1. The average molecular weight is 274 g/mol. The SMILES string of the molecule is Nc1ccc2c(c1)CN(C1CCOC3(CCOC3)C1)C2. The second-order valence-corrected chi connectivity index (χ2v) is 6.41. The maximum atomic E-state index is 6.04. The third kappa shape index (κ3) is 2.12. The van der Waals surface area contributed by atoms with Crippen molar-refractivity contribution >= 4 is 5.69 Å². The summed E-state index contributed by atoms with van der Waals surface area (Å²) in [7, 11) is 0. The van der Waals surface area contributed by atoms with Gasteiger partial charge in [0.1, 0.15) is 0 Å². The third-order valence-electron chi connectivity index (χ3n) is 5.03. The molecule has 0 bridgehead atoms. The average Bonchev–Trinajstić information content (AvgIpc) is 3.05. The zero-order valence-electron chi connectivity index (χ0n) is 11.8. The fraction of sp³-hybridized carbons (Fsp3) is 0.625. The van der Waals surface area contributed by atoms with Crippen LogP contribution in [-0.2, 0) is 22.6 Å². The van der Waals surface area contributed by atoms with E-state index in [1.54, 1.807) is 0 Å². The van der Waals surface area contributed by atoms with Gasteiger partial charge in [-0.1, -0.05) is 6.07 Å². The van der Waals surface area contributed by atoms with Gasteiger partial charge in [0.15, 0.2) is 0 Å². The molecule has 2 saturated heterocycles. The minimum absolute atomic E-state index is 0.00325. The first-order valence-electron chi connectivity index (χ1n) is 7.57. The van der Waals surface area contributed by atoms with Crippen LogP contribution in [0.25, 0.3) is 0 Å². The highest BCUT2D eigenvalue weighted by Gasteiger charge is 2.43. The molecule has 0 aliphatic carbocycles. The maximum absolute atomic E-state index is 6.04. The quantitative estimate of drug-likeness (QED) is 0.795. The maximum Gasteiger partial charge on any atom is 0.0951 e. The summed E-state index contributed by atoms with van der Waals surface area (Å²) in [4.78, 5) is 2.59. The summed E-state index contributed by atoms with van der Waals surface area (Å²) in [5.41, 5.74) is 9.59. The van der Waals surface area contributed by atoms with E-state index in [0.29, 0.717) is 6.04 Å². The van der Waals surface area contributed by atoms with Crippen molar-refractivity contribution < 1.29 is 9.47 Å². The summed E-state index contributed by atoms with van der Waals surface area (Å²) < 4.78 is 11.6. The van der Waals surface area contributed by atoms with Crippen molar-refractivity contribution in [3.05, 3.63) is 29.3 Å². The van der Waals surface area contributed by atoms with Crippen LogP contribution in [0.3, 0.4) is 0 Å². The number of benzene rings is 1. The van der Waals surface area contributed by atoms with Crippen molar-refractivity contribution in [3.8, 4) is 0 Å². The number of hydrogen-bond donors (Lipinski definition) is 1. The molecule has 1 aromatic rings. The van der Waals surface area contributed by atoms with Gasteiger partial charge in [0.25, 0.3) is 0 Å². The minimum Gasteiger partial charge on any atom is -0.399 e. The van der Waals surface area contributed by atoms with Crippen LogP contribution >= 0.6 is 0 Å². The smallest absolute Gasteiger partial charge is 0.0951 e. The molecule has 2 atom stereocenters. The van der Waals surface area contributed by atoms with Crippen molar-refractivity contribution in [1.29, 1.82) is 0 Å². The third-order valence-corrected chi connectivity index (χ3v) is 5.03. The molecule has 3 aliphatic heterocycles. The van der Waals surface area contributed by atoms with E-state index in [1.165, 1.54) is 11.1 Å². The Morgan fingerprint density at radius 3 is 2.95 bits per heavy atom. The lowest BCUT2D eigenvalue weighted by atomic mass is 9.89. The van der Waals surface area contributed by atoms with Crippen LogP contribution in [0, 0.1) is 0 Å². The van der Waals surface area contributed by atoms with Crippen LogP contribution < -0.4 is 5.73 Å². The van der Waals surface area contributed by atoms with E-state index in [-0.39, 0.29) is 5.60 Å². The number of nitrogens with two attached hydrogens (primary N) is 1. The summed E-state index contributed by atoms with van der Waals surface area (Å²) >= 11 is 0. The predicted octanol–water partition coefficient (Wildman–Crippen LogP) is 1.92. The predicted molar refractivity (Wildman–Crippen MR) is 77.2 cm³/mol. The fourth-order valence-electron chi connectivity index (χ4n) is 3.88. The van der Waals surface area contributed by atoms with E-state index < -0.39 is 0 Å². The van der Waals surface area contributed by atoms with Crippen LogP contribution in [0.15, 0.2) is 18.2 Å². The number of fused-ring (bicyclic) bond motifs is 1. The Kier molecular flexibility index (Phi) is 2.98. The van der Waals surface area contributed by atoms with Gasteiger partial charge in [-0.2, -0.15) is 0 Å². The Balaban J connectivity index is 1.49. The summed E-state index contributed by atoms with van der Waals surface area (Å²) in [5, 5.41) is 0. The molecule has 0 amide bonds. The Morgan fingerprint density at radius 2 is 2.10 bits per heavy atom. The lowest BCUT2D eigenvalue weighted by Gasteiger charge is -2.40. The van der Waals surface area contributed by atoms with E-state index in [0.717, 1.165) is 57.9 Å². The highest BCUT2D eigenvalue weighted by molar-refractivity contribution is 5.46. The lowest BCUT2D eigenvalue weighted by molar-refractivity contribution is -0.107. The number of hydrogen-bond acceptors (Lipinski definition) is 4. The van der Waals surface area contributed by atoms with Crippen molar-refractivity contribution in [2.24, 2.45) is 0 Å². The topological polar surface area (TPSA) is 47.7 Å². The van der Waals surface area contributed by atoms with Crippen LogP contribution in [-0.4, -0.2) is 36.4 Å². The van der Waals surface area contributed by atoms with Gasteiger partial charge < -0.3 is 15.2 Å². The van der Waals surface area contributed by atoms with E-state index in [2.05, 4.69) is 17.0 Å². The second kappa shape index (κ2) is 4.72. The largest absolute Gasteiger partial charge is 0.399 e. The molecule has 3 heterocycles. The molecule has 1 aromatic carbocycles. The Morgan fingerprint density at radius 1 is 1.20 bits per heavy atom. The van der Waals surface area contributed by atoms with Gasteiger partial charge in [-0.05, 0) is 36.1 Å². The number of nitrogen functional groups attached to an aromatic ring is 1. The molecule has 0 aromatic heterocycles. The van der Waals surface area contributed by atoms with Crippen LogP contribution in [0.2, 0.25) is 0 Å². The van der Waals surface area contributed by atoms with Crippen molar-refractivity contribution in [2.45, 2.75) is 44.0 Å². The van der Waals surface area contributed by atoms with Crippen LogP contribution in [0.1, 0.15) is 30.4 Å². The molecule has 108 valence electrons. The van der Waals surface area contributed by atoms with Crippen molar-refractivity contribution in [1.82, 2.24) is 4.90 Å². The standard InChI is InChI=1S/C16H22N2O2/c17-14-2-1-12-9-18(10-13(12)7-14)15-3-5-20-16(8-15)4-6-19-11-16/h1-2,7,15H,3-6,8-11,17H2. The zero-order valence-corrected chi connectivity index (χ0v) is 11.8. The van der Waals surface area contributed by atoms with Gasteiger partial charge in [0.05, 0.1) is 12.2 Å². The van der Waals surface area contributed by atoms with E-state index in [4.69, 9.17) is 15.2 Å². The molecule has 3 aliphatic rings. The van der Waals surface area contributed by atoms with Gasteiger partial charge in [0, 0.05) is 44.5 Å². The summed E-state index contributed by atoms with van der Waals surface area (Å²) in [6.45, 7) is 4.57. The normalized spacial score (nSPS) is 33.7. The molecule has 1 spiro atoms. The number of rotatable bonds is 1. The van der Waals surface area contributed by atoms with Gasteiger partial charge >= 0.3 is 0 Å². The lowest BCUT2D eigenvalue weighted by Crippen LogP contribution is -2.47. The van der Waals surface area contributed by atoms with Crippen molar-refractivity contribution in [3.63, 3.8) is 0 Å². The highest BCUT2D eigenvalue weighted by Crippen LogP contribution is 2.37. The molecule has 2 fully saturated rings.